The van der Waals surface area contributed by atoms with Crippen molar-refractivity contribution in [3.63, 3.8) is 0 Å². The Morgan fingerprint density at radius 3 is 2.85 bits per heavy atom. The summed E-state index contributed by atoms with van der Waals surface area (Å²) in [6.45, 7) is 5.29. The van der Waals surface area contributed by atoms with E-state index in [1.807, 2.05) is 11.3 Å². The fraction of sp³-hybridized carbons (Fsp3) is 0.765. The molecule has 2 fully saturated rings. The van der Waals surface area contributed by atoms with Crippen LogP contribution >= 0.6 is 11.3 Å². The lowest BCUT2D eigenvalue weighted by atomic mass is 9.55. The van der Waals surface area contributed by atoms with Crippen molar-refractivity contribution in [2.24, 2.45) is 5.41 Å². The molecule has 0 radical (unpaired) electrons. The van der Waals surface area contributed by atoms with Gasteiger partial charge in [0.05, 0.1) is 6.10 Å². The molecular weight excluding hydrogens is 266 g/mol. The van der Waals surface area contributed by atoms with E-state index in [1.165, 1.54) is 43.4 Å². The third-order valence-corrected chi connectivity index (χ3v) is 6.41. The largest absolute Gasteiger partial charge is 0.378 e. The van der Waals surface area contributed by atoms with E-state index < -0.39 is 0 Å². The van der Waals surface area contributed by atoms with Crippen LogP contribution in [0.2, 0.25) is 0 Å². The van der Waals surface area contributed by atoms with Gasteiger partial charge in [-0.25, -0.2) is 0 Å². The fourth-order valence-electron chi connectivity index (χ4n) is 4.22. The summed E-state index contributed by atoms with van der Waals surface area (Å²) in [4.78, 5) is 1.45. The Hall–Kier alpha value is -0.380. The van der Waals surface area contributed by atoms with Crippen LogP contribution in [0, 0.1) is 5.41 Å². The van der Waals surface area contributed by atoms with Crippen molar-refractivity contribution in [2.45, 2.75) is 70.6 Å². The molecule has 0 aromatic carbocycles. The van der Waals surface area contributed by atoms with E-state index in [-0.39, 0.29) is 0 Å². The van der Waals surface area contributed by atoms with Crippen molar-refractivity contribution in [1.82, 2.24) is 5.32 Å². The van der Waals surface area contributed by atoms with Crippen molar-refractivity contribution < 1.29 is 4.74 Å². The van der Waals surface area contributed by atoms with Crippen molar-refractivity contribution >= 4 is 11.3 Å². The zero-order chi connectivity index (χ0) is 14.0. The van der Waals surface area contributed by atoms with E-state index >= 15 is 0 Å². The smallest absolute Gasteiger partial charge is 0.0661 e. The molecule has 0 aliphatic heterocycles. The summed E-state index contributed by atoms with van der Waals surface area (Å²) in [5.74, 6) is 0. The molecule has 0 saturated heterocycles. The number of hydrogen-bond acceptors (Lipinski definition) is 3. The first kappa shape index (κ1) is 14.6. The number of hydrogen-bond donors (Lipinski definition) is 1. The molecule has 20 heavy (non-hydrogen) atoms. The van der Waals surface area contributed by atoms with Gasteiger partial charge in [-0.2, -0.15) is 0 Å². The molecular formula is C17H27NOS. The van der Waals surface area contributed by atoms with Crippen molar-refractivity contribution in [3.05, 3.63) is 22.4 Å². The third kappa shape index (κ3) is 2.56. The van der Waals surface area contributed by atoms with Crippen LogP contribution in [0.5, 0.6) is 0 Å². The Balaban J connectivity index is 1.67. The van der Waals surface area contributed by atoms with Gasteiger partial charge in [0.15, 0.2) is 0 Å². The fourth-order valence-corrected chi connectivity index (χ4v) is 4.96. The monoisotopic (exact) mass is 293 g/mol. The minimum Gasteiger partial charge on any atom is -0.378 e. The van der Waals surface area contributed by atoms with Crippen molar-refractivity contribution in [3.8, 4) is 0 Å². The second-order valence-electron chi connectivity index (χ2n) is 6.43. The van der Waals surface area contributed by atoms with E-state index in [1.54, 1.807) is 0 Å². The summed E-state index contributed by atoms with van der Waals surface area (Å²) >= 11 is 1.86. The quantitative estimate of drug-likeness (QED) is 0.861. The minimum atomic E-state index is 0.430. The van der Waals surface area contributed by atoms with Crippen LogP contribution < -0.4 is 5.32 Å². The zero-order valence-corrected chi connectivity index (χ0v) is 13.5. The minimum absolute atomic E-state index is 0.430. The lowest BCUT2D eigenvalue weighted by Crippen LogP contribution is -2.64. The Labute approximate surface area is 126 Å². The first-order valence-electron chi connectivity index (χ1n) is 8.17. The van der Waals surface area contributed by atoms with Crippen LogP contribution in [0.4, 0.5) is 0 Å². The molecule has 0 bridgehead atoms. The molecule has 2 aliphatic rings. The Bertz CT molecular complexity index is 411. The zero-order valence-electron chi connectivity index (χ0n) is 12.7. The highest BCUT2D eigenvalue weighted by molar-refractivity contribution is 7.10. The number of rotatable bonds is 5. The van der Waals surface area contributed by atoms with Crippen LogP contribution in [0.1, 0.15) is 63.3 Å². The van der Waals surface area contributed by atoms with Crippen LogP contribution in [0.3, 0.4) is 0 Å². The van der Waals surface area contributed by atoms with Gasteiger partial charge in [0.2, 0.25) is 0 Å². The van der Waals surface area contributed by atoms with Crippen LogP contribution in [0.15, 0.2) is 17.5 Å². The second kappa shape index (κ2) is 6.17. The maximum Gasteiger partial charge on any atom is 0.0661 e. The highest BCUT2D eigenvalue weighted by Crippen LogP contribution is 2.53. The van der Waals surface area contributed by atoms with E-state index in [0.717, 1.165) is 6.61 Å². The standard InChI is InChI=1S/C17H27NOS/c1-3-19-16-12-15(17(16)9-5-4-6-10-17)18-13(2)14-8-7-11-20-14/h7-8,11,13,15-16,18H,3-6,9-10,12H2,1-2H3. The molecule has 2 aliphatic carbocycles. The van der Waals surface area contributed by atoms with Gasteiger partial charge in [-0.15, -0.1) is 11.3 Å². The molecule has 3 atom stereocenters. The SMILES string of the molecule is CCOC1CC(NC(C)c2cccs2)C12CCCCC2. The summed E-state index contributed by atoms with van der Waals surface area (Å²) in [6, 6.07) is 5.52. The average molecular weight is 293 g/mol. The summed E-state index contributed by atoms with van der Waals surface area (Å²) in [5.41, 5.74) is 0.430. The molecule has 3 heteroatoms. The molecule has 0 amide bonds. The molecule has 3 rings (SSSR count). The summed E-state index contributed by atoms with van der Waals surface area (Å²) in [6.07, 6.45) is 8.58. The molecule has 3 unspecified atom stereocenters. The van der Waals surface area contributed by atoms with Gasteiger partial charge in [0, 0.05) is 29.0 Å². The van der Waals surface area contributed by atoms with Gasteiger partial charge in [0.1, 0.15) is 0 Å². The summed E-state index contributed by atoms with van der Waals surface area (Å²) in [5, 5.41) is 6.07. The van der Waals surface area contributed by atoms with Crippen LogP contribution in [-0.2, 0) is 4.74 Å². The molecule has 2 nitrogen and oxygen atoms in total. The highest BCUT2D eigenvalue weighted by atomic mass is 32.1. The van der Waals surface area contributed by atoms with Gasteiger partial charge in [-0.05, 0) is 44.6 Å². The molecule has 112 valence electrons. The van der Waals surface area contributed by atoms with Crippen molar-refractivity contribution in [1.29, 1.82) is 0 Å². The Morgan fingerprint density at radius 2 is 2.20 bits per heavy atom. The Morgan fingerprint density at radius 1 is 1.40 bits per heavy atom. The van der Waals surface area contributed by atoms with E-state index in [2.05, 4.69) is 36.7 Å². The maximum absolute atomic E-state index is 6.04. The number of nitrogens with one attached hydrogen (secondary N) is 1. The van der Waals surface area contributed by atoms with Gasteiger partial charge in [-0.1, -0.05) is 25.3 Å². The molecule has 1 N–H and O–H groups in total. The van der Waals surface area contributed by atoms with Crippen LogP contribution in [-0.4, -0.2) is 18.8 Å². The lowest BCUT2D eigenvalue weighted by Gasteiger charge is -2.58. The van der Waals surface area contributed by atoms with E-state index in [4.69, 9.17) is 4.74 Å². The molecule has 1 aromatic heterocycles. The van der Waals surface area contributed by atoms with Gasteiger partial charge in [-0.3, -0.25) is 0 Å². The second-order valence-corrected chi connectivity index (χ2v) is 7.41. The molecule has 2 saturated carbocycles. The normalized spacial score (nSPS) is 30.1. The lowest BCUT2D eigenvalue weighted by molar-refractivity contribution is -0.151. The van der Waals surface area contributed by atoms with Crippen molar-refractivity contribution in [2.75, 3.05) is 6.61 Å². The first-order valence-corrected chi connectivity index (χ1v) is 9.05. The molecule has 1 heterocycles. The molecule has 1 aromatic rings. The Kier molecular flexibility index (Phi) is 4.49. The number of thiophene rings is 1. The summed E-state index contributed by atoms with van der Waals surface area (Å²) in [7, 11) is 0. The topological polar surface area (TPSA) is 21.3 Å². The van der Waals surface area contributed by atoms with Gasteiger partial charge < -0.3 is 10.1 Å². The predicted octanol–water partition coefficient (Wildman–Crippen LogP) is 4.53. The van der Waals surface area contributed by atoms with E-state index in [9.17, 15) is 0 Å². The van der Waals surface area contributed by atoms with Gasteiger partial charge >= 0.3 is 0 Å². The highest BCUT2D eigenvalue weighted by Gasteiger charge is 2.55. The van der Waals surface area contributed by atoms with E-state index in [0.29, 0.717) is 23.6 Å². The summed E-state index contributed by atoms with van der Waals surface area (Å²) < 4.78 is 6.04. The third-order valence-electron chi connectivity index (χ3n) is 5.36. The molecule has 1 spiro atoms. The maximum atomic E-state index is 6.04. The average Bonchev–Trinajstić information content (AvgIpc) is 3.01. The number of ether oxygens (including phenoxy) is 1. The van der Waals surface area contributed by atoms with Crippen LogP contribution in [0.25, 0.3) is 0 Å². The predicted molar refractivity (Wildman–Crippen MR) is 85.2 cm³/mol. The first-order chi connectivity index (χ1) is 9.76. The van der Waals surface area contributed by atoms with Gasteiger partial charge in [0.25, 0.3) is 0 Å².